The van der Waals surface area contributed by atoms with E-state index < -0.39 is 6.04 Å². The highest BCUT2D eigenvalue weighted by molar-refractivity contribution is 5.89. The number of amides is 2. The molecule has 1 saturated heterocycles. The third-order valence-electron chi connectivity index (χ3n) is 6.10. The Balaban J connectivity index is 1.61. The number of nitrogens with one attached hydrogen (secondary N) is 1. The summed E-state index contributed by atoms with van der Waals surface area (Å²) in [7, 11) is 3.55. The minimum Gasteiger partial charge on any atom is -0.496 e. The third kappa shape index (κ3) is 5.60. The number of hydrogen-bond acceptors (Lipinski definition) is 4. The topological polar surface area (TPSA) is 61.9 Å². The zero-order valence-electron chi connectivity index (χ0n) is 17.6. The summed E-state index contributed by atoms with van der Waals surface area (Å²) in [5.74, 6) is 0.839. The van der Waals surface area contributed by atoms with Crippen molar-refractivity contribution in [2.45, 2.75) is 50.6 Å². The van der Waals surface area contributed by atoms with Crippen molar-refractivity contribution in [1.29, 1.82) is 0 Å². The summed E-state index contributed by atoms with van der Waals surface area (Å²) < 4.78 is 5.38. The lowest BCUT2D eigenvalue weighted by Crippen LogP contribution is -2.56. The van der Waals surface area contributed by atoms with Crippen LogP contribution in [0.15, 0.2) is 30.3 Å². The lowest BCUT2D eigenvalue weighted by atomic mass is 9.94. The Morgan fingerprint density at radius 1 is 1.28 bits per heavy atom. The third-order valence-corrected chi connectivity index (χ3v) is 6.10. The monoisotopic (exact) mass is 399 g/mol. The molecule has 1 atom stereocenters. The van der Waals surface area contributed by atoms with Gasteiger partial charge in [0.15, 0.2) is 0 Å². The van der Waals surface area contributed by atoms with Crippen molar-refractivity contribution in [3.8, 4) is 5.75 Å². The van der Waals surface area contributed by atoms with Gasteiger partial charge in [-0.2, -0.15) is 0 Å². The highest BCUT2D eigenvalue weighted by Gasteiger charge is 2.33. The second-order valence-corrected chi connectivity index (χ2v) is 7.95. The van der Waals surface area contributed by atoms with Gasteiger partial charge in [-0.15, -0.1) is 0 Å². The second kappa shape index (κ2) is 10.4. The van der Waals surface area contributed by atoms with Gasteiger partial charge in [0, 0.05) is 38.3 Å². The Kier molecular flexibility index (Phi) is 7.69. The Bertz CT molecular complexity index is 728. The standard InChI is InChI=1S/C23H33N3O3/c1-25(19-11-4-3-5-12-19)22(27)17-20-23(28)24-14-16-26(20)15-8-10-18-9-6-7-13-21(18)29-2/h6-10,13,19-20H,3-5,11-12,14-17H2,1-2H3,(H,24,28). The maximum absolute atomic E-state index is 12.9. The number of para-hydroxylation sites is 1. The number of benzene rings is 1. The number of hydrogen-bond donors (Lipinski definition) is 1. The summed E-state index contributed by atoms with van der Waals surface area (Å²) in [6.45, 7) is 1.98. The summed E-state index contributed by atoms with van der Waals surface area (Å²) in [5.41, 5.74) is 1.00. The number of methoxy groups -OCH3 is 1. The lowest BCUT2D eigenvalue weighted by Gasteiger charge is -2.36. The van der Waals surface area contributed by atoms with Crippen molar-refractivity contribution >= 4 is 17.9 Å². The molecule has 0 bridgehead atoms. The lowest BCUT2D eigenvalue weighted by molar-refractivity contribution is -0.139. The minimum atomic E-state index is -0.412. The van der Waals surface area contributed by atoms with Crippen molar-refractivity contribution in [3.05, 3.63) is 35.9 Å². The molecule has 1 aromatic rings. The first kappa shape index (κ1) is 21.4. The first-order chi connectivity index (χ1) is 14.1. The molecule has 1 aliphatic heterocycles. The molecule has 1 heterocycles. The second-order valence-electron chi connectivity index (χ2n) is 7.95. The van der Waals surface area contributed by atoms with Crippen molar-refractivity contribution in [3.63, 3.8) is 0 Å². The van der Waals surface area contributed by atoms with E-state index in [0.717, 1.165) is 30.7 Å². The van der Waals surface area contributed by atoms with Crippen LogP contribution in [0.1, 0.15) is 44.1 Å². The van der Waals surface area contributed by atoms with E-state index >= 15 is 0 Å². The summed E-state index contributed by atoms with van der Waals surface area (Å²) in [6, 6.07) is 7.75. The first-order valence-corrected chi connectivity index (χ1v) is 10.7. The fraction of sp³-hybridized carbons (Fsp3) is 0.565. The highest BCUT2D eigenvalue weighted by atomic mass is 16.5. The van der Waals surface area contributed by atoms with E-state index in [0.29, 0.717) is 19.1 Å². The molecule has 3 rings (SSSR count). The zero-order chi connectivity index (χ0) is 20.6. The van der Waals surface area contributed by atoms with Crippen LogP contribution < -0.4 is 10.1 Å². The number of carbonyl (C=O) groups excluding carboxylic acids is 2. The van der Waals surface area contributed by atoms with Crippen LogP contribution in [-0.2, 0) is 9.59 Å². The maximum atomic E-state index is 12.9. The number of carbonyl (C=O) groups is 2. The molecule has 1 aromatic carbocycles. The minimum absolute atomic E-state index is 0.0488. The molecular formula is C23H33N3O3. The molecule has 1 N–H and O–H groups in total. The molecule has 6 nitrogen and oxygen atoms in total. The Morgan fingerprint density at radius 2 is 2.03 bits per heavy atom. The molecule has 6 heteroatoms. The predicted molar refractivity (Wildman–Crippen MR) is 115 cm³/mol. The molecule has 2 aliphatic rings. The van der Waals surface area contributed by atoms with Crippen molar-refractivity contribution in [1.82, 2.24) is 15.1 Å². The van der Waals surface area contributed by atoms with Crippen molar-refractivity contribution < 1.29 is 14.3 Å². The van der Waals surface area contributed by atoms with Gasteiger partial charge >= 0.3 is 0 Å². The molecule has 1 saturated carbocycles. The van der Waals surface area contributed by atoms with Crippen LogP contribution in [0.25, 0.3) is 6.08 Å². The van der Waals surface area contributed by atoms with E-state index in [2.05, 4.69) is 10.2 Å². The summed E-state index contributed by atoms with van der Waals surface area (Å²) in [6.07, 6.45) is 10.1. The molecule has 29 heavy (non-hydrogen) atoms. The molecule has 0 spiro atoms. The quantitative estimate of drug-likeness (QED) is 0.766. The largest absolute Gasteiger partial charge is 0.496 e. The van der Waals surface area contributed by atoms with Gasteiger partial charge < -0.3 is 15.0 Å². The molecular weight excluding hydrogens is 366 g/mol. The van der Waals surface area contributed by atoms with Gasteiger partial charge in [-0.3, -0.25) is 14.5 Å². The van der Waals surface area contributed by atoms with Gasteiger partial charge in [0.2, 0.25) is 11.8 Å². The van der Waals surface area contributed by atoms with Gasteiger partial charge in [-0.05, 0) is 18.9 Å². The van der Waals surface area contributed by atoms with Crippen LogP contribution in [0, 0.1) is 0 Å². The van der Waals surface area contributed by atoms with Crippen LogP contribution in [0.3, 0.4) is 0 Å². The summed E-state index contributed by atoms with van der Waals surface area (Å²) in [4.78, 5) is 29.3. The number of nitrogens with zero attached hydrogens (tertiary/aromatic N) is 2. The fourth-order valence-corrected chi connectivity index (χ4v) is 4.30. The van der Waals surface area contributed by atoms with Gasteiger partial charge in [0.05, 0.1) is 19.6 Å². The first-order valence-electron chi connectivity index (χ1n) is 10.7. The molecule has 1 unspecified atom stereocenters. The van der Waals surface area contributed by atoms with E-state index in [1.165, 1.54) is 19.3 Å². The number of ether oxygens (including phenoxy) is 1. The molecule has 158 valence electrons. The van der Waals surface area contributed by atoms with Gasteiger partial charge in [0.25, 0.3) is 0 Å². The Hall–Kier alpha value is -2.34. The highest BCUT2D eigenvalue weighted by Crippen LogP contribution is 2.23. The molecule has 0 aromatic heterocycles. The maximum Gasteiger partial charge on any atom is 0.237 e. The average Bonchev–Trinajstić information content (AvgIpc) is 2.76. The van der Waals surface area contributed by atoms with Gasteiger partial charge in [0.1, 0.15) is 5.75 Å². The predicted octanol–water partition coefficient (Wildman–Crippen LogP) is 2.69. The normalized spacial score (nSPS) is 21.2. The zero-order valence-corrected chi connectivity index (χ0v) is 17.6. The van der Waals surface area contributed by atoms with E-state index in [1.54, 1.807) is 7.11 Å². The smallest absolute Gasteiger partial charge is 0.237 e. The Morgan fingerprint density at radius 3 is 2.79 bits per heavy atom. The fourth-order valence-electron chi connectivity index (χ4n) is 4.30. The van der Waals surface area contributed by atoms with E-state index in [4.69, 9.17) is 4.74 Å². The van der Waals surface area contributed by atoms with Crippen LogP contribution in [0.4, 0.5) is 0 Å². The summed E-state index contributed by atoms with van der Waals surface area (Å²) >= 11 is 0. The molecule has 2 fully saturated rings. The van der Waals surface area contributed by atoms with Crippen LogP contribution in [-0.4, -0.2) is 67.5 Å². The molecule has 1 aliphatic carbocycles. The van der Waals surface area contributed by atoms with Crippen LogP contribution in [0.5, 0.6) is 5.75 Å². The van der Waals surface area contributed by atoms with E-state index in [-0.39, 0.29) is 18.2 Å². The van der Waals surface area contributed by atoms with E-state index in [1.807, 2.05) is 48.4 Å². The number of rotatable bonds is 7. The average molecular weight is 400 g/mol. The van der Waals surface area contributed by atoms with E-state index in [9.17, 15) is 9.59 Å². The molecule has 0 radical (unpaired) electrons. The Labute approximate surface area is 173 Å². The SMILES string of the molecule is COc1ccccc1C=CCN1CCNC(=O)C1CC(=O)N(C)C1CCCCC1. The van der Waals surface area contributed by atoms with Gasteiger partial charge in [-0.1, -0.05) is 49.6 Å². The van der Waals surface area contributed by atoms with Crippen LogP contribution in [0.2, 0.25) is 0 Å². The molecule has 2 amide bonds. The van der Waals surface area contributed by atoms with Crippen molar-refractivity contribution in [2.75, 3.05) is 33.8 Å². The van der Waals surface area contributed by atoms with Gasteiger partial charge in [-0.25, -0.2) is 0 Å². The number of piperazine rings is 1. The van der Waals surface area contributed by atoms with Crippen molar-refractivity contribution in [2.24, 2.45) is 0 Å². The summed E-state index contributed by atoms with van der Waals surface area (Å²) in [5, 5.41) is 2.92. The van der Waals surface area contributed by atoms with Crippen LogP contribution >= 0.6 is 0 Å².